The molecule has 0 aliphatic heterocycles. The number of carbonyl (C=O) groups excluding carboxylic acids is 1. The van der Waals surface area contributed by atoms with E-state index in [1.807, 2.05) is 11.9 Å². The minimum atomic E-state index is -0.515. The van der Waals surface area contributed by atoms with E-state index in [-0.39, 0.29) is 29.7 Å². The van der Waals surface area contributed by atoms with Crippen LogP contribution < -0.4 is 0 Å². The van der Waals surface area contributed by atoms with Gasteiger partial charge < -0.3 is 5.11 Å². The molecule has 0 amide bonds. The fourth-order valence-corrected chi connectivity index (χ4v) is 2.06. The van der Waals surface area contributed by atoms with E-state index in [0.29, 0.717) is 5.92 Å². The van der Waals surface area contributed by atoms with Crippen molar-refractivity contribution in [1.82, 2.24) is 4.90 Å². The largest absolute Gasteiger partial charge is 0.507 e. The van der Waals surface area contributed by atoms with Gasteiger partial charge in [-0.3, -0.25) is 9.69 Å². The molecule has 4 heteroatoms. The summed E-state index contributed by atoms with van der Waals surface area (Å²) in [4.78, 5) is 14.0. The molecule has 1 rings (SSSR count). The Balaban J connectivity index is 2.71. The molecule has 1 unspecified atom stereocenters. The number of ketones is 1. The van der Waals surface area contributed by atoms with Crippen molar-refractivity contribution in [2.75, 3.05) is 13.6 Å². The first-order chi connectivity index (χ1) is 8.81. The van der Waals surface area contributed by atoms with Crippen molar-refractivity contribution in [3.05, 3.63) is 29.6 Å². The van der Waals surface area contributed by atoms with E-state index >= 15 is 0 Å². The lowest BCUT2D eigenvalue weighted by atomic mass is 10.0. The maximum atomic E-state index is 13.1. The number of benzene rings is 1. The number of phenols is 1. The minimum absolute atomic E-state index is 0.0450. The lowest BCUT2D eigenvalue weighted by Gasteiger charge is -2.25. The van der Waals surface area contributed by atoms with E-state index in [1.54, 1.807) is 0 Å². The number of rotatable bonds is 6. The number of likely N-dealkylation sites (N-methyl/N-ethyl adjacent to an activating group) is 1. The van der Waals surface area contributed by atoms with Crippen LogP contribution in [0, 0.1) is 11.7 Å². The lowest BCUT2D eigenvalue weighted by Crippen LogP contribution is -2.34. The molecule has 0 heterocycles. The minimum Gasteiger partial charge on any atom is -0.507 e. The Morgan fingerprint density at radius 1 is 1.37 bits per heavy atom. The predicted octanol–water partition coefficient (Wildman–Crippen LogP) is 3.08. The average molecular weight is 267 g/mol. The number of carbonyl (C=O) groups is 1. The first-order valence-corrected chi connectivity index (χ1v) is 6.53. The highest BCUT2D eigenvalue weighted by Gasteiger charge is 2.18. The molecule has 0 bridgehead atoms. The van der Waals surface area contributed by atoms with Gasteiger partial charge in [0.25, 0.3) is 0 Å². The summed E-state index contributed by atoms with van der Waals surface area (Å²) in [5, 5.41) is 9.60. The highest BCUT2D eigenvalue weighted by Crippen LogP contribution is 2.19. The summed E-state index contributed by atoms with van der Waals surface area (Å²) in [6.07, 6.45) is 0.985. The second-order valence-corrected chi connectivity index (χ2v) is 5.48. The Labute approximate surface area is 114 Å². The summed E-state index contributed by atoms with van der Waals surface area (Å²) in [5.41, 5.74) is 0.0450. The first kappa shape index (κ1) is 15.6. The normalized spacial score (nSPS) is 13.0. The number of hydrogen-bond acceptors (Lipinski definition) is 3. The molecular formula is C15H22FNO2. The number of halogens is 1. The molecule has 0 spiro atoms. The van der Waals surface area contributed by atoms with Gasteiger partial charge in [0.05, 0.1) is 12.1 Å². The highest BCUT2D eigenvalue weighted by molar-refractivity contribution is 6.00. The zero-order chi connectivity index (χ0) is 14.6. The fourth-order valence-electron chi connectivity index (χ4n) is 2.06. The van der Waals surface area contributed by atoms with E-state index in [9.17, 15) is 14.3 Å². The molecule has 1 aromatic rings. The predicted molar refractivity (Wildman–Crippen MR) is 73.9 cm³/mol. The van der Waals surface area contributed by atoms with Crippen LogP contribution in [0.4, 0.5) is 4.39 Å². The van der Waals surface area contributed by atoms with Gasteiger partial charge in [-0.05, 0) is 44.5 Å². The smallest absolute Gasteiger partial charge is 0.180 e. The highest BCUT2D eigenvalue weighted by atomic mass is 19.1. The van der Waals surface area contributed by atoms with E-state index in [0.717, 1.165) is 18.6 Å². The Bertz CT molecular complexity index is 446. The van der Waals surface area contributed by atoms with Crippen molar-refractivity contribution in [2.45, 2.75) is 33.2 Å². The summed E-state index contributed by atoms with van der Waals surface area (Å²) >= 11 is 0. The van der Waals surface area contributed by atoms with Gasteiger partial charge in [0, 0.05) is 6.04 Å². The van der Waals surface area contributed by atoms with E-state index in [2.05, 4.69) is 20.8 Å². The molecule has 0 aliphatic rings. The van der Waals surface area contributed by atoms with Crippen molar-refractivity contribution >= 4 is 5.78 Å². The van der Waals surface area contributed by atoms with Crippen LogP contribution in [-0.2, 0) is 0 Å². The van der Waals surface area contributed by atoms with Crippen molar-refractivity contribution in [2.24, 2.45) is 5.92 Å². The molecule has 0 saturated carbocycles. The summed E-state index contributed by atoms with van der Waals surface area (Å²) in [6, 6.07) is 3.69. The molecule has 106 valence electrons. The SMILES string of the molecule is CC(C)CC(C)N(C)CC(=O)c1cc(F)ccc1O. The fraction of sp³-hybridized carbons (Fsp3) is 0.533. The van der Waals surface area contributed by atoms with Crippen LogP contribution in [0.2, 0.25) is 0 Å². The molecule has 0 saturated heterocycles. The number of Topliss-reactive ketones (excluding diaryl/α,β-unsaturated/α-hetero) is 1. The van der Waals surface area contributed by atoms with Crippen molar-refractivity contribution in [3.8, 4) is 5.75 Å². The summed E-state index contributed by atoms with van der Waals surface area (Å²) in [7, 11) is 1.86. The van der Waals surface area contributed by atoms with Crippen LogP contribution in [0.1, 0.15) is 37.6 Å². The van der Waals surface area contributed by atoms with Crippen LogP contribution in [0.15, 0.2) is 18.2 Å². The summed E-state index contributed by atoms with van der Waals surface area (Å²) in [5.74, 6) is -0.402. The van der Waals surface area contributed by atoms with Crippen LogP contribution in [0.3, 0.4) is 0 Å². The van der Waals surface area contributed by atoms with Crippen LogP contribution in [0.25, 0.3) is 0 Å². The van der Waals surface area contributed by atoms with Crippen molar-refractivity contribution in [3.63, 3.8) is 0 Å². The maximum Gasteiger partial charge on any atom is 0.180 e. The van der Waals surface area contributed by atoms with Gasteiger partial charge in [0.15, 0.2) is 5.78 Å². The Morgan fingerprint density at radius 2 is 2.00 bits per heavy atom. The summed E-state index contributed by atoms with van der Waals surface area (Å²) in [6.45, 7) is 6.48. The van der Waals surface area contributed by atoms with E-state index in [4.69, 9.17) is 0 Å². The Morgan fingerprint density at radius 3 is 2.58 bits per heavy atom. The van der Waals surface area contributed by atoms with Gasteiger partial charge in [-0.2, -0.15) is 0 Å². The second kappa shape index (κ2) is 6.66. The van der Waals surface area contributed by atoms with Gasteiger partial charge in [-0.25, -0.2) is 4.39 Å². The van der Waals surface area contributed by atoms with Crippen molar-refractivity contribution in [1.29, 1.82) is 0 Å². The van der Waals surface area contributed by atoms with Gasteiger partial charge in [-0.15, -0.1) is 0 Å². The molecule has 1 N–H and O–H groups in total. The van der Waals surface area contributed by atoms with E-state index < -0.39 is 5.82 Å². The monoisotopic (exact) mass is 267 g/mol. The standard InChI is InChI=1S/C15H22FNO2/c1-10(2)7-11(3)17(4)9-15(19)13-8-12(16)5-6-14(13)18/h5-6,8,10-11,18H,7,9H2,1-4H3. The lowest BCUT2D eigenvalue weighted by molar-refractivity contribution is 0.0913. The molecule has 1 aromatic carbocycles. The molecule has 0 aromatic heterocycles. The van der Waals surface area contributed by atoms with Crippen LogP contribution in [0.5, 0.6) is 5.75 Å². The number of hydrogen-bond donors (Lipinski definition) is 1. The van der Waals surface area contributed by atoms with Gasteiger partial charge in [-0.1, -0.05) is 13.8 Å². The van der Waals surface area contributed by atoms with Gasteiger partial charge >= 0.3 is 0 Å². The van der Waals surface area contributed by atoms with Crippen LogP contribution >= 0.6 is 0 Å². The molecular weight excluding hydrogens is 245 g/mol. The second-order valence-electron chi connectivity index (χ2n) is 5.48. The maximum absolute atomic E-state index is 13.1. The number of phenolic OH excluding ortho intramolecular Hbond substituents is 1. The Hall–Kier alpha value is -1.42. The van der Waals surface area contributed by atoms with Crippen LogP contribution in [-0.4, -0.2) is 35.4 Å². The van der Waals surface area contributed by atoms with E-state index in [1.165, 1.54) is 6.07 Å². The third kappa shape index (κ3) is 4.63. The number of nitrogens with zero attached hydrogens (tertiary/aromatic N) is 1. The summed E-state index contributed by atoms with van der Waals surface area (Å²) < 4.78 is 13.1. The molecule has 0 fully saturated rings. The Kier molecular flexibility index (Phi) is 5.48. The first-order valence-electron chi connectivity index (χ1n) is 6.53. The van der Waals surface area contributed by atoms with Gasteiger partial charge in [0.2, 0.25) is 0 Å². The molecule has 19 heavy (non-hydrogen) atoms. The topological polar surface area (TPSA) is 40.5 Å². The zero-order valence-electron chi connectivity index (χ0n) is 12.0. The van der Waals surface area contributed by atoms with Gasteiger partial charge in [0.1, 0.15) is 11.6 Å². The molecule has 1 atom stereocenters. The number of aromatic hydroxyl groups is 1. The average Bonchev–Trinajstić information content (AvgIpc) is 2.31. The van der Waals surface area contributed by atoms with Crippen molar-refractivity contribution < 1.29 is 14.3 Å². The third-order valence-electron chi connectivity index (χ3n) is 3.22. The molecule has 0 aliphatic carbocycles. The quantitative estimate of drug-likeness (QED) is 0.805. The zero-order valence-corrected chi connectivity index (χ0v) is 12.0. The molecule has 0 radical (unpaired) electrons. The third-order valence-corrected chi connectivity index (χ3v) is 3.22. The molecule has 3 nitrogen and oxygen atoms in total.